The number of amides is 3. The predicted octanol–water partition coefficient (Wildman–Crippen LogP) is -1.01. The summed E-state index contributed by atoms with van der Waals surface area (Å²) in [4.78, 5) is 33.1. The second-order valence-corrected chi connectivity index (χ2v) is 4.60. The van der Waals surface area contributed by atoms with Crippen molar-refractivity contribution in [2.24, 2.45) is 17.4 Å². The number of hydrogen-bond donors (Lipinski definition) is 5. The van der Waals surface area contributed by atoms with Crippen LogP contribution in [0.4, 0.5) is 4.79 Å². The van der Waals surface area contributed by atoms with Crippen LogP contribution in [0.2, 0.25) is 0 Å². The molecule has 7 N–H and O–H groups in total. The number of aliphatic carboxylic acids is 1. The summed E-state index contributed by atoms with van der Waals surface area (Å²) in [5.41, 5.74) is 10.5. The summed E-state index contributed by atoms with van der Waals surface area (Å²) in [5.74, 6) is -1.71. The molecule has 0 heterocycles. The van der Waals surface area contributed by atoms with Gasteiger partial charge in [-0.15, -0.1) is 0 Å². The molecule has 2 unspecified atom stereocenters. The van der Waals surface area contributed by atoms with Crippen LogP contribution in [0, 0.1) is 5.92 Å². The third kappa shape index (κ3) is 7.24. The van der Waals surface area contributed by atoms with Gasteiger partial charge in [0.1, 0.15) is 6.04 Å². The number of nitrogens with one attached hydrogen (secondary N) is 2. The monoisotopic (exact) mass is 274 g/mol. The summed E-state index contributed by atoms with van der Waals surface area (Å²) in [6, 6.07) is -2.43. The zero-order chi connectivity index (χ0) is 15.0. The first kappa shape index (κ1) is 17.2. The number of carbonyl (C=O) groups excluding carboxylic acids is 2. The number of nitrogens with two attached hydrogens (primary N) is 2. The maximum absolute atomic E-state index is 11.7. The van der Waals surface area contributed by atoms with Gasteiger partial charge in [-0.2, -0.15) is 0 Å². The van der Waals surface area contributed by atoms with E-state index in [0.717, 1.165) is 0 Å². The Morgan fingerprint density at radius 1 is 1.26 bits per heavy atom. The molecular weight excluding hydrogens is 252 g/mol. The van der Waals surface area contributed by atoms with Gasteiger partial charge in [0.05, 0.1) is 6.04 Å². The van der Waals surface area contributed by atoms with Gasteiger partial charge in [0, 0.05) is 6.54 Å². The fraction of sp³-hybridized carbons (Fsp3) is 0.727. The quantitative estimate of drug-likeness (QED) is 0.360. The third-order valence-electron chi connectivity index (χ3n) is 2.60. The van der Waals surface area contributed by atoms with Gasteiger partial charge in [-0.25, -0.2) is 9.59 Å². The molecule has 0 spiro atoms. The summed E-state index contributed by atoms with van der Waals surface area (Å²) in [6.07, 6.45) is 0.573. The lowest BCUT2D eigenvalue weighted by Gasteiger charge is -2.19. The van der Waals surface area contributed by atoms with Crippen LogP contribution in [-0.4, -0.2) is 41.6 Å². The Morgan fingerprint density at radius 3 is 2.26 bits per heavy atom. The van der Waals surface area contributed by atoms with Crippen LogP contribution in [0.15, 0.2) is 0 Å². The molecule has 0 saturated heterocycles. The van der Waals surface area contributed by atoms with Gasteiger partial charge in [-0.3, -0.25) is 4.79 Å². The minimum Gasteiger partial charge on any atom is -0.480 e. The fourth-order valence-electron chi connectivity index (χ4n) is 1.35. The molecule has 0 bridgehead atoms. The van der Waals surface area contributed by atoms with Crippen molar-refractivity contribution in [2.45, 2.75) is 38.8 Å². The Balaban J connectivity index is 4.23. The Kier molecular flexibility index (Phi) is 7.50. The molecule has 2 atom stereocenters. The molecule has 19 heavy (non-hydrogen) atoms. The van der Waals surface area contributed by atoms with Gasteiger partial charge in [0.15, 0.2) is 0 Å². The van der Waals surface area contributed by atoms with Gasteiger partial charge < -0.3 is 27.2 Å². The Hall–Kier alpha value is -1.83. The van der Waals surface area contributed by atoms with Crippen molar-refractivity contribution in [2.75, 3.05) is 6.54 Å². The van der Waals surface area contributed by atoms with Crippen LogP contribution in [0.3, 0.4) is 0 Å². The van der Waals surface area contributed by atoms with E-state index in [1.807, 2.05) is 0 Å². The maximum Gasteiger partial charge on any atom is 0.326 e. The SMILES string of the molecule is CC(C)C(N)C(=O)NC(CCCNC(N)=O)C(=O)O. The number of carboxylic acids is 1. The fourth-order valence-corrected chi connectivity index (χ4v) is 1.35. The highest BCUT2D eigenvalue weighted by atomic mass is 16.4. The minimum absolute atomic E-state index is 0.0778. The molecule has 0 aliphatic carbocycles. The van der Waals surface area contributed by atoms with Crippen LogP contribution in [0.25, 0.3) is 0 Å². The first-order chi connectivity index (χ1) is 8.75. The van der Waals surface area contributed by atoms with Gasteiger partial charge in [0.2, 0.25) is 5.91 Å². The zero-order valence-corrected chi connectivity index (χ0v) is 11.2. The lowest BCUT2D eigenvalue weighted by Crippen LogP contribution is -2.50. The second kappa shape index (κ2) is 8.30. The second-order valence-electron chi connectivity index (χ2n) is 4.60. The smallest absolute Gasteiger partial charge is 0.326 e. The van der Waals surface area contributed by atoms with Crippen molar-refractivity contribution < 1.29 is 19.5 Å². The highest BCUT2D eigenvalue weighted by molar-refractivity contribution is 5.86. The predicted molar refractivity (Wildman–Crippen MR) is 69.2 cm³/mol. The Bertz CT molecular complexity index is 333. The minimum atomic E-state index is -1.14. The van der Waals surface area contributed by atoms with Crippen molar-refractivity contribution in [3.05, 3.63) is 0 Å². The number of urea groups is 1. The lowest BCUT2D eigenvalue weighted by molar-refractivity contribution is -0.142. The average Bonchev–Trinajstić information content (AvgIpc) is 2.30. The average molecular weight is 274 g/mol. The molecule has 3 amide bonds. The van der Waals surface area contributed by atoms with Crippen LogP contribution in [-0.2, 0) is 9.59 Å². The molecule has 0 aliphatic heterocycles. The summed E-state index contributed by atoms with van der Waals surface area (Å²) in [7, 11) is 0. The largest absolute Gasteiger partial charge is 0.480 e. The van der Waals surface area contributed by atoms with E-state index in [9.17, 15) is 14.4 Å². The number of carbonyl (C=O) groups is 3. The standard InChI is InChI=1S/C11H22N4O4/c1-6(2)8(12)9(16)15-7(10(17)18)4-3-5-14-11(13)19/h6-8H,3-5,12H2,1-2H3,(H,15,16)(H,17,18)(H3,13,14,19). The van der Waals surface area contributed by atoms with Crippen molar-refractivity contribution in [3.63, 3.8) is 0 Å². The summed E-state index contributed by atoms with van der Waals surface area (Å²) < 4.78 is 0. The van der Waals surface area contributed by atoms with E-state index in [1.54, 1.807) is 13.8 Å². The molecule has 110 valence electrons. The van der Waals surface area contributed by atoms with Gasteiger partial charge in [-0.1, -0.05) is 13.8 Å². The van der Waals surface area contributed by atoms with Gasteiger partial charge in [0.25, 0.3) is 0 Å². The summed E-state index contributed by atoms with van der Waals surface area (Å²) in [5, 5.41) is 13.7. The molecule has 0 aromatic carbocycles. The molecule has 0 fully saturated rings. The summed E-state index contributed by atoms with van der Waals surface area (Å²) >= 11 is 0. The molecule has 0 radical (unpaired) electrons. The molecule has 0 aromatic rings. The summed E-state index contributed by atoms with van der Waals surface area (Å²) in [6.45, 7) is 3.80. The third-order valence-corrected chi connectivity index (χ3v) is 2.60. The first-order valence-electron chi connectivity index (χ1n) is 6.07. The Morgan fingerprint density at radius 2 is 1.84 bits per heavy atom. The van der Waals surface area contributed by atoms with Crippen LogP contribution in [0.1, 0.15) is 26.7 Å². The van der Waals surface area contributed by atoms with E-state index in [-0.39, 0.29) is 18.9 Å². The van der Waals surface area contributed by atoms with Crippen molar-refractivity contribution in [1.29, 1.82) is 0 Å². The molecular formula is C11H22N4O4. The zero-order valence-electron chi connectivity index (χ0n) is 11.2. The van der Waals surface area contributed by atoms with Crippen molar-refractivity contribution >= 4 is 17.9 Å². The van der Waals surface area contributed by atoms with Crippen molar-refractivity contribution in [3.8, 4) is 0 Å². The lowest BCUT2D eigenvalue weighted by atomic mass is 10.0. The molecule has 0 aromatic heterocycles. The number of primary amides is 1. The molecule has 0 saturated carbocycles. The highest BCUT2D eigenvalue weighted by Gasteiger charge is 2.24. The highest BCUT2D eigenvalue weighted by Crippen LogP contribution is 2.02. The topological polar surface area (TPSA) is 148 Å². The van der Waals surface area contributed by atoms with E-state index in [4.69, 9.17) is 16.6 Å². The van der Waals surface area contributed by atoms with Crippen LogP contribution < -0.4 is 22.1 Å². The maximum atomic E-state index is 11.7. The van der Waals surface area contributed by atoms with E-state index >= 15 is 0 Å². The normalized spacial score (nSPS) is 13.7. The van der Waals surface area contributed by atoms with Crippen LogP contribution in [0.5, 0.6) is 0 Å². The van der Waals surface area contributed by atoms with Gasteiger partial charge in [-0.05, 0) is 18.8 Å². The number of hydrogen-bond acceptors (Lipinski definition) is 4. The van der Waals surface area contributed by atoms with E-state index in [1.165, 1.54) is 0 Å². The van der Waals surface area contributed by atoms with Gasteiger partial charge >= 0.3 is 12.0 Å². The van der Waals surface area contributed by atoms with E-state index < -0.39 is 30.0 Å². The van der Waals surface area contributed by atoms with Crippen LogP contribution >= 0.6 is 0 Å². The first-order valence-corrected chi connectivity index (χ1v) is 6.07. The molecule has 0 aliphatic rings. The molecule has 8 nitrogen and oxygen atoms in total. The molecule has 8 heteroatoms. The molecule has 0 rings (SSSR count). The number of carboxylic acid groups (broad SMARTS) is 1. The van der Waals surface area contributed by atoms with E-state index in [2.05, 4.69) is 10.6 Å². The van der Waals surface area contributed by atoms with E-state index in [0.29, 0.717) is 6.42 Å². The number of rotatable bonds is 8. The van der Waals surface area contributed by atoms with Crippen molar-refractivity contribution in [1.82, 2.24) is 10.6 Å². The Labute approximate surface area is 111 Å².